The molecule has 0 atom stereocenters. The Hall–Kier alpha value is -3.48. The maximum atomic E-state index is 12.4. The summed E-state index contributed by atoms with van der Waals surface area (Å²) in [6.07, 6.45) is 2.15. The highest BCUT2D eigenvalue weighted by atomic mass is 16.2. The summed E-state index contributed by atoms with van der Waals surface area (Å²) in [4.78, 5) is 32.4. The van der Waals surface area contributed by atoms with E-state index in [9.17, 15) is 9.59 Å². The third kappa shape index (κ3) is 3.93. The van der Waals surface area contributed by atoms with Crippen LogP contribution in [-0.4, -0.2) is 34.0 Å². The molecule has 2 aromatic carbocycles. The van der Waals surface area contributed by atoms with E-state index in [1.165, 1.54) is 5.01 Å². The highest BCUT2D eigenvalue weighted by Crippen LogP contribution is 2.19. The van der Waals surface area contributed by atoms with Gasteiger partial charge < -0.3 is 10.3 Å². The first-order valence-electron chi connectivity index (χ1n) is 9.38. The molecule has 0 radical (unpaired) electrons. The lowest BCUT2D eigenvalue weighted by Gasteiger charge is -2.23. The topological polar surface area (TPSA) is 90.4 Å². The molecule has 7 nitrogen and oxygen atoms in total. The van der Waals surface area contributed by atoms with Crippen LogP contribution in [0, 0.1) is 0 Å². The van der Waals surface area contributed by atoms with Gasteiger partial charge in [0.2, 0.25) is 5.91 Å². The Balaban J connectivity index is 1.32. The minimum Gasteiger partial charge on any atom is -0.351 e. The van der Waals surface area contributed by atoms with Crippen LogP contribution in [0.5, 0.6) is 0 Å². The fourth-order valence-corrected chi connectivity index (χ4v) is 3.17. The highest BCUT2D eigenvalue weighted by molar-refractivity contribution is 6.40. The number of imidazole rings is 1. The van der Waals surface area contributed by atoms with Crippen LogP contribution in [0.25, 0.3) is 11.0 Å². The summed E-state index contributed by atoms with van der Waals surface area (Å²) in [5, 5.41) is 8.47. The van der Waals surface area contributed by atoms with E-state index < -0.39 is 0 Å². The molecule has 0 saturated carbocycles. The monoisotopic (exact) mass is 375 g/mol. The molecule has 28 heavy (non-hydrogen) atoms. The molecule has 2 amide bonds. The Morgan fingerprint density at radius 1 is 1.07 bits per heavy atom. The van der Waals surface area contributed by atoms with E-state index in [1.807, 2.05) is 42.5 Å². The number of H-pyrrole nitrogens is 1. The van der Waals surface area contributed by atoms with E-state index >= 15 is 0 Å². The standard InChI is InChI=1S/C21H21N5O2/c27-20-13-12-18(25-26(20)15-7-2-1-3-8-15)21(28)22-14-6-11-19-23-16-9-4-5-10-17(16)24-19/h1-5,7-10H,6,11-14H2,(H,22,28)(H,23,24). The number of aromatic nitrogens is 2. The van der Waals surface area contributed by atoms with Gasteiger partial charge in [-0.05, 0) is 30.7 Å². The summed E-state index contributed by atoms with van der Waals surface area (Å²) in [6, 6.07) is 17.0. The molecule has 4 rings (SSSR count). The Bertz CT molecular complexity index is 992. The van der Waals surface area contributed by atoms with Crippen molar-refractivity contribution in [3.8, 4) is 0 Å². The zero-order chi connectivity index (χ0) is 19.3. The Kier molecular flexibility index (Phi) is 5.14. The number of nitrogens with zero attached hydrogens (tertiary/aromatic N) is 3. The number of anilines is 1. The molecule has 0 fully saturated rings. The fourth-order valence-electron chi connectivity index (χ4n) is 3.17. The van der Waals surface area contributed by atoms with Crippen LogP contribution < -0.4 is 10.3 Å². The minimum absolute atomic E-state index is 0.104. The third-order valence-corrected chi connectivity index (χ3v) is 4.61. The van der Waals surface area contributed by atoms with E-state index in [-0.39, 0.29) is 18.2 Å². The van der Waals surface area contributed by atoms with Crippen LogP contribution in [-0.2, 0) is 16.0 Å². The molecular weight excluding hydrogens is 354 g/mol. The summed E-state index contributed by atoms with van der Waals surface area (Å²) in [5.74, 6) is 0.581. The number of hydrogen-bond acceptors (Lipinski definition) is 4. The summed E-state index contributed by atoms with van der Waals surface area (Å²) in [5.41, 5.74) is 3.02. The van der Waals surface area contributed by atoms with E-state index in [2.05, 4.69) is 20.4 Å². The van der Waals surface area contributed by atoms with Crippen molar-refractivity contribution in [2.75, 3.05) is 11.6 Å². The van der Waals surface area contributed by atoms with E-state index in [4.69, 9.17) is 0 Å². The highest BCUT2D eigenvalue weighted by Gasteiger charge is 2.25. The fraction of sp³-hybridized carbons (Fsp3) is 0.238. The van der Waals surface area contributed by atoms with Crippen molar-refractivity contribution < 1.29 is 9.59 Å². The second-order valence-corrected chi connectivity index (χ2v) is 6.65. The Labute approximate surface area is 162 Å². The van der Waals surface area contributed by atoms with E-state index in [1.54, 1.807) is 12.1 Å². The number of fused-ring (bicyclic) bond motifs is 1. The summed E-state index contributed by atoms with van der Waals surface area (Å²) >= 11 is 0. The number of carbonyl (C=O) groups is 2. The molecular formula is C21H21N5O2. The molecule has 0 unspecified atom stereocenters. The molecule has 0 bridgehead atoms. The van der Waals surface area contributed by atoms with Crippen LogP contribution in [0.3, 0.4) is 0 Å². The smallest absolute Gasteiger partial charge is 0.267 e. The second kappa shape index (κ2) is 8.04. The van der Waals surface area contributed by atoms with Gasteiger partial charge in [0, 0.05) is 25.8 Å². The molecule has 7 heteroatoms. The van der Waals surface area contributed by atoms with Crippen LogP contribution in [0.4, 0.5) is 5.69 Å². The zero-order valence-electron chi connectivity index (χ0n) is 15.4. The van der Waals surface area contributed by atoms with Gasteiger partial charge in [-0.2, -0.15) is 5.10 Å². The van der Waals surface area contributed by atoms with E-state index in [0.717, 1.165) is 29.7 Å². The number of aryl methyl sites for hydroxylation is 1. The average molecular weight is 375 g/mol. The number of aromatic amines is 1. The predicted molar refractivity (Wildman–Crippen MR) is 108 cm³/mol. The predicted octanol–water partition coefficient (Wildman–Crippen LogP) is 2.79. The van der Waals surface area contributed by atoms with Crippen LogP contribution in [0.2, 0.25) is 0 Å². The van der Waals surface area contributed by atoms with Gasteiger partial charge in [-0.25, -0.2) is 9.99 Å². The molecule has 0 saturated heterocycles. The van der Waals surface area contributed by atoms with Crippen molar-refractivity contribution in [1.29, 1.82) is 0 Å². The number of hydrazone groups is 1. The van der Waals surface area contributed by atoms with Gasteiger partial charge >= 0.3 is 0 Å². The lowest BCUT2D eigenvalue weighted by atomic mass is 10.1. The number of nitrogens with one attached hydrogen (secondary N) is 2. The number of benzene rings is 2. The summed E-state index contributed by atoms with van der Waals surface area (Å²) in [7, 11) is 0. The quantitative estimate of drug-likeness (QED) is 0.649. The summed E-state index contributed by atoms with van der Waals surface area (Å²) < 4.78 is 0. The third-order valence-electron chi connectivity index (χ3n) is 4.61. The normalized spacial score (nSPS) is 14.2. The van der Waals surface area contributed by atoms with Crippen molar-refractivity contribution >= 4 is 34.2 Å². The van der Waals surface area contributed by atoms with Crippen LogP contribution in [0.1, 0.15) is 25.1 Å². The first-order valence-corrected chi connectivity index (χ1v) is 9.38. The molecule has 1 aliphatic heterocycles. The number of hydrogen-bond donors (Lipinski definition) is 2. The van der Waals surface area contributed by atoms with Crippen LogP contribution >= 0.6 is 0 Å². The van der Waals surface area contributed by atoms with Gasteiger partial charge in [0.25, 0.3) is 5.91 Å². The van der Waals surface area contributed by atoms with Gasteiger partial charge in [0.05, 0.1) is 16.7 Å². The number of rotatable bonds is 6. The van der Waals surface area contributed by atoms with Gasteiger partial charge in [0.1, 0.15) is 11.5 Å². The molecule has 0 spiro atoms. The molecule has 2 N–H and O–H groups in total. The molecule has 1 aromatic heterocycles. The maximum Gasteiger partial charge on any atom is 0.267 e. The van der Waals surface area contributed by atoms with Crippen molar-refractivity contribution in [3.63, 3.8) is 0 Å². The number of para-hydroxylation sites is 3. The van der Waals surface area contributed by atoms with Gasteiger partial charge in [-0.1, -0.05) is 30.3 Å². The Morgan fingerprint density at radius 3 is 2.68 bits per heavy atom. The van der Waals surface area contributed by atoms with Gasteiger partial charge in [0.15, 0.2) is 0 Å². The number of carbonyl (C=O) groups excluding carboxylic acids is 2. The minimum atomic E-state index is -0.224. The van der Waals surface area contributed by atoms with Crippen molar-refractivity contribution in [2.24, 2.45) is 5.10 Å². The molecule has 142 valence electrons. The molecule has 0 aliphatic carbocycles. The largest absolute Gasteiger partial charge is 0.351 e. The molecule has 2 heterocycles. The van der Waals surface area contributed by atoms with Crippen LogP contribution in [0.15, 0.2) is 59.7 Å². The zero-order valence-corrected chi connectivity index (χ0v) is 15.4. The lowest BCUT2D eigenvalue weighted by molar-refractivity contribution is -0.118. The first-order chi connectivity index (χ1) is 13.7. The molecule has 3 aromatic rings. The van der Waals surface area contributed by atoms with Gasteiger partial charge in [-0.3, -0.25) is 9.59 Å². The number of amides is 2. The SMILES string of the molecule is O=C(NCCCc1nc2ccccc2[nH]1)C1=NN(c2ccccc2)C(=O)CC1. The first kappa shape index (κ1) is 17.9. The Morgan fingerprint density at radius 2 is 1.86 bits per heavy atom. The van der Waals surface area contributed by atoms with Crippen molar-refractivity contribution in [2.45, 2.75) is 25.7 Å². The lowest BCUT2D eigenvalue weighted by Crippen LogP contribution is -2.39. The van der Waals surface area contributed by atoms with E-state index in [0.29, 0.717) is 24.4 Å². The summed E-state index contributed by atoms with van der Waals surface area (Å²) in [6.45, 7) is 0.522. The second-order valence-electron chi connectivity index (χ2n) is 6.65. The van der Waals surface area contributed by atoms with Crippen molar-refractivity contribution in [1.82, 2.24) is 15.3 Å². The average Bonchev–Trinajstić information content (AvgIpc) is 3.15. The van der Waals surface area contributed by atoms with Gasteiger partial charge in [-0.15, -0.1) is 0 Å². The van der Waals surface area contributed by atoms with Crippen molar-refractivity contribution in [3.05, 3.63) is 60.4 Å². The maximum absolute atomic E-state index is 12.4. The molecule has 1 aliphatic rings.